The third-order valence-electron chi connectivity index (χ3n) is 4.57. The fraction of sp³-hybridized carbons (Fsp3) is 0.857. The smallest absolute Gasteiger partial charge is 0.208 e. The average Bonchev–Trinajstić information content (AvgIpc) is 2.45. The number of hydrogen-bond acceptors (Lipinski definition) is 2. The molecular weight excluding hydrogens is 252 g/mol. The molecule has 0 aromatic rings. The van der Waals surface area contributed by atoms with Gasteiger partial charge in [-0.25, -0.2) is 10.0 Å². The van der Waals surface area contributed by atoms with E-state index >= 15 is 0 Å². The summed E-state index contributed by atoms with van der Waals surface area (Å²) in [5, 5.41) is 19.5. The molecule has 2 saturated carbocycles. The van der Waals surface area contributed by atoms with Crippen molar-refractivity contribution in [1.82, 2.24) is 10.0 Å². The van der Waals surface area contributed by atoms with Crippen molar-refractivity contribution in [1.29, 1.82) is 10.8 Å². The average molecular weight is 280 g/mol. The summed E-state index contributed by atoms with van der Waals surface area (Å²) < 4.78 is 0. The van der Waals surface area contributed by atoms with Crippen LogP contribution >= 0.6 is 0 Å². The molecule has 0 atom stereocenters. The number of rotatable bonds is 2. The third-order valence-corrected chi connectivity index (χ3v) is 4.57. The molecule has 0 heterocycles. The Kier molecular flexibility index (Phi) is 5.09. The first-order valence-electron chi connectivity index (χ1n) is 7.87. The fourth-order valence-electron chi connectivity index (χ4n) is 3.63. The standard InChI is InChI=1S/C14H28N6/c15-13(16)19(11-7-3-1-4-8-11)20(14(17)18)12-9-5-2-6-10-12/h11-12H,1-10H2,(H3,15,16)(H3,17,18). The van der Waals surface area contributed by atoms with Crippen molar-refractivity contribution in [3.63, 3.8) is 0 Å². The van der Waals surface area contributed by atoms with Crippen molar-refractivity contribution in [3.05, 3.63) is 0 Å². The van der Waals surface area contributed by atoms with Crippen LogP contribution in [-0.2, 0) is 0 Å². The lowest BCUT2D eigenvalue weighted by Gasteiger charge is -2.46. The Morgan fingerprint density at radius 2 is 0.950 bits per heavy atom. The molecule has 6 N–H and O–H groups in total. The number of hydrogen-bond donors (Lipinski definition) is 4. The lowest BCUT2D eigenvalue weighted by molar-refractivity contribution is 0.00865. The van der Waals surface area contributed by atoms with E-state index in [0.717, 1.165) is 25.7 Å². The molecule has 0 aromatic heterocycles. The van der Waals surface area contributed by atoms with Gasteiger partial charge in [-0.05, 0) is 25.7 Å². The van der Waals surface area contributed by atoms with Gasteiger partial charge in [-0.3, -0.25) is 10.8 Å². The van der Waals surface area contributed by atoms with Gasteiger partial charge < -0.3 is 11.5 Å². The van der Waals surface area contributed by atoms with Crippen LogP contribution in [0, 0.1) is 10.8 Å². The summed E-state index contributed by atoms with van der Waals surface area (Å²) in [7, 11) is 0. The first-order valence-corrected chi connectivity index (χ1v) is 7.87. The van der Waals surface area contributed by atoms with Crippen LogP contribution in [0.2, 0.25) is 0 Å². The van der Waals surface area contributed by atoms with Crippen LogP contribution in [0.3, 0.4) is 0 Å². The van der Waals surface area contributed by atoms with Gasteiger partial charge in [0.2, 0.25) is 11.9 Å². The quantitative estimate of drug-likeness (QED) is 0.352. The summed E-state index contributed by atoms with van der Waals surface area (Å²) in [5.41, 5.74) is 11.7. The van der Waals surface area contributed by atoms with Crippen LogP contribution in [-0.4, -0.2) is 34.0 Å². The highest BCUT2D eigenvalue weighted by Gasteiger charge is 2.33. The van der Waals surface area contributed by atoms with Crippen LogP contribution in [0.25, 0.3) is 0 Å². The predicted molar refractivity (Wildman–Crippen MR) is 81.3 cm³/mol. The first kappa shape index (κ1) is 14.9. The molecule has 2 rings (SSSR count). The summed E-state index contributed by atoms with van der Waals surface area (Å²) in [6.45, 7) is 0. The highest BCUT2D eigenvalue weighted by Crippen LogP contribution is 2.28. The maximum absolute atomic E-state index is 7.94. The molecule has 20 heavy (non-hydrogen) atoms. The lowest BCUT2D eigenvalue weighted by atomic mass is 9.93. The van der Waals surface area contributed by atoms with E-state index < -0.39 is 0 Å². The molecule has 0 aromatic carbocycles. The van der Waals surface area contributed by atoms with E-state index in [1.54, 1.807) is 10.0 Å². The van der Waals surface area contributed by atoms with Crippen LogP contribution in [0.5, 0.6) is 0 Å². The zero-order valence-electron chi connectivity index (χ0n) is 12.3. The Morgan fingerprint density at radius 3 is 1.20 bits per heavy atom. The van der Waals surface area contributed by atoms with Gasteiger partial charge in [0, 0.05) is 0 Å². The minimum atomic E-state index is 0.0256. The van der Waals surface area contributed by atoms with Gasteiger partial charge in [-0.15, -0.1) is 0 Å². The van der Waals surface area contributed by atoms with Gasteiger partial charge in [0.05, 0.1) is 12.1 Å². The van der Waals surface area contributed by atoms with E-state index in [9.17, 15) is 0 Å². The van der Waals surface area contributed by atoms with Crippen LogP contribution < -0.4 is 11.5 Å². The van der Waals surface area contributed by atoms with Crippen molar-refractivity contribution >= 4 is 11.9 Å². The summed E-state index contributed by atoms with van der Waals surface area (Å²) in [6, 6.07) is 0.458. The lowest BCUT2D eigenvalue weighted by Crippen LogP contribution is -2.62. The van der Waals surface area contributed by atoms with Gasteiger partial charge in [0.1, 0.15) is 0 Å². The Bertz CT molecular complexity index is 310. The van der Waals surface area contributed by atoms with Crippen molar-refractivity contribution in [2.75, 3.05) is 0 Å². The van der Waals surface area contributed by atoms with Gasteiger partial charge >= 0.3 is 0 Å². The normalized spacial score (nSPS) is 21.4. The maximum Gasteiger partial charge on any atom is 0.208 e. The van der Waals surface area contributed by atoms with Crippen molar-refractivity contribution in [3.8, 4) is 0 Å². The van der Waals surface area contributed by atoms with E-state index in [1.807, 2.05) is 0 Å². The summed E-state index contributed by atoms with van der Waals surface area (Å²) in [4.78, 5) is 0. The van der Waals surface area contributed by atoms with Crippen LogP contribution in [0.4, 0.5) is 0 Å². The highest BCUT2D eigenvalue weighted by molar-refractivity contribution is 5.81. The number of nitrogens with zero attached hydrogens (tertiary/aromatic N) is 2. The second kappa shape index (κ2) is 6.81. The number of hydrazine groups is 1. The minimum absolute atomic E-state index is 0.0256. The second-order valence-corrected chi connectivity index (χ2v) is 6.04. The molecule has 0 saturated heterocycles. The monoisotopic (exact) mass is 280 g/mol. The summed E-state index contributed by atoms with van der Waals surface area (Å²) in [5.74, 6) is 0.0512. The van der Waals surface area contributed by atoms with Crippen molar-refractivity contribution in [2.45, 2.75) is 76.3 Å². The van der Waals surface area contributed by atoms with E-state index in [1.165, 1.54) is 38.5 Å². The van der Waals surface area contributed by atoms with E-state index in [0.29, 0.717) is 0 Å². The van der Waals surface area contributed by atoms with Gasteiger partial charge in [0.25, 0.3) is 0 Å². The minimum Gasteiger partial charge on any atom is -0.369 e. The second-order valence-electron chi connectivity index (χ2n) is 6.04. The number of guanidine groups is 2. The highest BCUT2D eigenvalue weighted by atomic mass is 15.7. The van der Waals surface area contributed by atoms with Crippen molar-refractivity contribution in [2.24, 2.45) is 11.5 Å². The molecule has 2 aliphatic rings. The molecule has 2 fully saturated rings. The molecule has 0 unspecified atom stereocenters. The van der Waals surface area contributed by atoms with E-state index in [4.69, 9.17) is 22.3 Å². The topological polar surface area (TPSA) is 106 Å². The largest absolute Gasteiger partial charge is 0.369 e. The van der Waals surface area contributed by atoms with Gasteiger partial charge in [-0.1, -0.05) is 38.5 Å². The first-order chi connectivity index (χ1) is 9.61. The van der Waals surface area contributed by atoms with Crippen LogP contribution in [0.1, 0.15) is 64.2 Å². The maximum atomic E-state index is 7.94. The molecule has 6 heteroatoms. The predicted octanol–water partition coefficient (Wildman–Crippen LogP) is 1.96. The Balaban J connectivity index is 2.17. The van der Waals surface area contributed by atoms with Gasteiger partial charge in [0.15, 0.2) is 0 Å². The van der Waals surface area contributed by atoms with Crippen molar-refractivity contribution < 1.29 is 0 Å². The summed E-state index contributed by atoms with van der Waals surface area (Å²) in [6.07, 6.45) is 11.3. The molecule has 0 radical (unpaired) electrons. The Labute approximate surface area is 121 Å². The molecule has 0 amide bonds. The fourth-order valence-corrected chi connectivity index (χ4v) is 3.63. The SMILES string of the molecule is N=C(N)N(C1CCCCC1)N(C(=N)N)C1CCCCC1. The van der Waals surface area contributed by atoms with E-state index in [2.05, 4.69) is 0 Å². The molecule has 114 valence electrons. The molecule has 0 aliphatic heterocycles. The molecule has 0 bridgehead atoms. The third kappa shape index (κ3) is 3.35. The van der Waals surface area contributed by atoms with Crippen LogP contribution in [0.15, 0.2) is 0 Å². The Morgan fingerprint density at radius 1 is 0.650 bits per heavy atom. The molecular formula is C14H28N6. The summed E-state index contributed by atoms with van der Waals surface area (Å²) >= 11 is 0. The zero-order chi connectivity index (χ0) is 14.5. The zero-order valence-corrected chi connectivity index (χ0v) is 12.3. The molecule has 0 spiro atoms. The molecule has 2 aliphatic carbocycles. The number of nitrogens with two attached hydrogens (primary N) is 2. The number of nitrogens with one attached hydrogen (secondary N) is 2. The van der Waals surface area contributed by atoms with E-state index in [-0.39, 0.29) is 24.0 Å². The Hall–Kier alpha value is -1.46. The van der Waals surface area contributed by atoms with Gasteiger partial charge in [-0.2, -0.15) is 0 Å². The molecule has 6 nitrogen and oxygen atoms in total.